The van der Waals surface area contributed by atoms with Gasteiger partial charge in [-0.1, -0.05) is 12.1 Å². The molecule has 1 aromatic carbocycles. The molecule has 3 N–H and O–H groups in total. The molecule has 0 atom stereocenters. The number of hydrogen-bond acceptors (Lipinski definition) is 3. The fourth-order valence-electron chi connectivity index (χ4n) is 2.26. The summed E-state index contributed by atoms with van der Waals surface area (Å²) in [6, 6.07) is 8.48. The highest BCUT2D eigenvalue weighted by atomic mass is 15.2. The lowest BCUT2D eigenvalue weighted by Crippen LogP contribution is -2.39. The van der Waals surface area contributed by atoms with E-state index in [0.717, 1.165) is 26.1 Å². The van der Waals surface area contributed by atoms with Crippen molar-refractivity contribution in [2.75, 3.05) is 36.5 Å². The summed E-state index contributed by atoms with van der Waals surface area (Å²) in [4.78, 5) is 4.68. The van der Waals surface area contributed by atoms with E-state index in [4.69, 9.17) is 11.1 Å². The zero-order chi connectivity index (χ0) is 12.3. The summed E-state index contributed by atoms with van der Waals surface area (Å²) >= 11 is 0. The largest absolute Gasteiger partial charge is 0.388 e. The molecule has 0 saturated heterocycles. The molecular formula is C13H20N4. The molecular weight excluding hydrogens is 212 g/mol. The lowest BCUT2D eigenvalue weighted by molar-refractivity contribution is 0.706. The van der Waals surface area contributed by atoms with Crippen molar-refractivity contribution in [3.63, 3.8) is 0 Å². The summed E-state index contributed by atoms with van der Waals surface area (Å²) in [5.74, 6) is 0.285. The van der Waals surface area contributed by atoms with Gasteiger partial charge in [-0.15, -0.1) is 0 Å². The number of hydrogen-bond donors (Lipinski definition) is 2. The highest BCUT2D eigenvalue weighted by Crippen LogP contribution is 2.31. The monoisotopic (exact) mass is 232 g/mol. The fraction of sp³-hybridized carbons (Fsp3) is 0.462. The minimum atomic E-state index is 0.285. The van der Waals surface area contributed by atoms with Crippen molar-refractivity contribution >= 4 is 17.2 Å². The molecule has 2 rings (SSSR count). The third kappa shape index (κ3) is 2.70. The molecule has 4 heteroatoms. The number of amidine groups is 1. The Kier molecular flexibility index (Phi) is 3.52. The van der Waals surface area contributed by atoms with Gasteiger partial charge in [0.15, 0.2) is 0 Å². The quantitative estimate of drug-likeness (QED) is 0.613. The average molecular weight is 232 g/mol. The molecule has 0 unspecified atom stereocenters. The first kappa shape index (κ1) is 11.8. The van der Waals surface area contributed by atoms with Crippen LogP contribution in [0.4, 0.5) is 11.4 Å². The van der Waals surface area contributed by atoms with Crippen molar-refractivity contribution in [1.82, 2.24) is 0 Å². The van der Waals surface area contributed by atoms with Crippen LogP contribution in [0.5, 0.6) is 0 Å². The predicted molar refractivity (Wildman–Crippen MR) is 73.1 cm³/mol. The molecule has 17 heavy (non-hydrogen) atoms. The van der Waals surface area contributed by atoms with Crippen LogP contribution in [0.3, 0.4) is 0 Å². The fourth-order valence-corrected chi connectivity index (χ4v) is 2.26. The van der Waals surface area contributed by atoms with Crippen LogP contribution in [0, 0.1) is 5.41 Å². The average Bonchev–Trinajstić information content (AvgIpc) is 2.32. The summed E-state index contributed by atoms with van der Waals surface area (Å²) in [7, 11) is 2.13. The maximum Gasteiger partial charge on any atom is 0.0905 e. The first-order chi connectivity index (χ1) is 8.18. The molecule has 1 aromatic rings. The van der Waals surface area contributed by atoms with Crippen molar-refractivity contribution in [2.45, 2.75) is 12.8 Å². The van der Waals surface area contributed by atoms with Crippen LogP contribution in [0.2, 0.25) is 0 Å². The zero-order valence-corrected chi connectivity index (χ0v) is 10.3. The number of likely N-dealkylation sites (N-methyl/N-ethyl adjacent to an activating group) is 1. The van der Waals surface area contributed by atoms with Crippen molar-refractivity contribution in [1.29, 1.82) is 5.41 Å². The van der Waals surface area contributed by atoms with E-state index < -0.39 is 0 Å². The third-order valence-electron chi connectivity index (χ3n) is 3.21. The van der Waals surface area contributed by atoms with E-state index >= 15 is 0 Å². The van der Waals surface area contributed by atoms with E-state index in [1.807, 2.05) is 0 Å². The van der Waals surface area contributed by atoms with E-state index in [2.05, 4.69) is 41.1 Å². The van der Waals surface area contributed by atoms with E-state index in [1.54, 1.807) is 0 Å². The van der Waals surface area contributed by atoms with Gasteiger partial charge in [0, 0.05) is 33.1 Å². The topological polar surface area (TPSA) is 56.4 Å². The second-order valence-electron chi connectivity index (χ2n) is 4.53. The molecule has 0 fully saturated rings. The normalized spacial score (nSPS) is 14.6. The standard InChI is InChI=1S/C13H20N4/c1-16-9-10-17(8-4-7-13(14)15)12-6-3-2-5-11(12)16/h2-3,5-6H,4,7-10H2,1H3,(H3,14,15). The van der Waals surface area contributed by atoms with Crippen molar-refractivity contribution in [3.8, 4) is 0 Å². The number of rotatable bonds is 4. The summed E-state index contributed by atoms with van der Waals surface area (Å²) in [5, 5.41) is 7.24. The molecule has 0 saturated carbocycles. The highest BCUT2D eigenvalue weighted by molar-refractivity contribution is 5.77. The minimum Gasteiger partial charge on any atom is -0.388 e. The minimum absolute atomic E-state index is 0.285. The van der Waals surface area contributed by atoms with Gasteiger partial charge in [-0.25, -0.2) is 0 Å². The summed E-state index contributed by atoms with van der Waals surface area (Å²) in [6.07, 6.45) is 1.64. The summed E-state index contributed by atoms with van der Waals surface area (Å²) in [5.41, 5.74) is 7.97. The van der Waals surface area contributed by atoms with Crippen LogP contribution in [0.15, 0.2) is 24.3 Å². The molecule has 0 amide bonds. The Morgan fingerprint density at radius 2 is 2.00 bits per heavy atom. The number of nitrogens with zero attached hydrogens (tertiary/aromatic N) is 2. The number of para-hydroxylation sites is 2. The Bertz CT molecular complexity index is 402. The summed E-state index contributed by atoms with van der Waals surface area (Å²) in [6.45, 7) is 3.08. The summed E-state index contributed by atoms with van der Waals surface area (Å²) < 4.78 is 0. The lowest BCUT2D eigenvalue weighted by Gasteiger charge is -2.37. The maximum absolute atomic E-state index is 7.24. The number of benzene rings is 1. The van der Waals surface area contributed by atoms with Crippen molar-refractivity contribution < 1.29 is 0 Å². The molecule has 0 aromatic heterocycles. The third-order valence-corrected chi connectivity index (χ3v) is 3.21. The maximum atomic E-state index is 7.24. The van der Waals surface area contributed by atoms with Gasteiger partial charge >= 0.3 is 0 Å². The molecule has 1 aliphatic rings. The van der Waals surface area contributed by atoms with E-state index in [1.165, 1.54) is 11.4 Å². The van der Waals surface area contributed by atoms with Crippen LogP contribution >= 0.6 is 0 Å². The van der Waals surface area contributed by atoms with Gasteiger partial charge in [-0.05, 0) is 18.6 Å². The van der Waals surface area contributed by atoms with Crippen LogP contribution in [-0.2, 0) is 0 Å². The number of anilines is 2. The second kappa shape index (κ2) is 5.08. The number of nitrogens with one attached hydrogen (secondary N) is 1. The first-order valence-corrected chi connectivity index (χ1v) is 6.06. The smallest absolute Gasteiger partial charge is 0.0905 e. The van der Waals surface area contributed by atoms with Gasteiger partial charge in [0.1, 0.15) is 0 Å². The Morgan fingerprint density at radius 3 is 2.71 bits per heavy atom. The predicted octanol–water partition coefficient (Wildman–Crippen LogP) is 1.66. The van der Waals surface area contributed by atoms with Gasteiger partial charge < -0.3 is 15.5 Å². The second-order valence-corrected chi connectivity index (χ2v) is 4.53. The molecule has 92 valence electrons. The zero-order valence-electron chi connectivity index (χ0n) is 10.3. The molecule has 0 aliphatic carbocycles. The number of fused-ring (bicyclic) bond motifs is 1. The van der Waals surface area contributed by atoms with E-state index in [-0.39, 0.29) is 5.84 Å². The van der Waals surface area contributed by atoms with Crippen LogP contribution < -0.4 is 15.5 Å². The molecule has 1 aliphatic heterocycles. The van der Waals surface area contributed by atoms with Gasteiger partial charge in [-0.2, -0.15) is 0 Å². The molecule has 0 spiro atoms. The van der Waals surface area contributed by atoms with Gasteiger partial charge in [0.25, 0.3) is 0 Å². The lowest BCUT2D eigenvalue weighted by atomic mass is 10.1. The van der Waals surface area contributed by atoms with Crippen molar-refractivity contribution in [3.05, 3.63) is 24.3 Å². The van der Waals surface area contributed by atoms with E-state index in [9.17, 15) is 0 Å². The molecule has 0 bridgehead atoms. The van der Waals surface area contributed by atoms with Gasteiger partial charge in [-0.3, -0.25) is 5.41 Å². The molecule has 4 nitrogen and oxygen atoms in total. The SMILES string of the molecule is CN1CCN(CCCC(=N)N)c2ccccc21. The van der Waals surface area contributed by atoms with Crippen LogP contribution in [0.25, 0.3) is 0 Å². The molecule has 0 radical (unpaired) electrons. The Labute approximate surface area is 103 Å². The van der Waals surface area contributed by atoms with Crippen LogP contribution in [-0.4, -0.2) is 32.5 Å². The Morgan fingerprint density at radius 1 is 1.29 bits per heavy atom. The Balaban J connectivity index is 2.05. The van der Waals surface area contributed by atoms with Crippen molar-refractivity contribution in [2.24, 2.45) is 5.73 Å². The van der Waals surface area contributed by atoms with E-state index in [0.29, 0.717) is 6.42 Å². The molecule has 1 heterocycles. The van der Waals surface area contributed by atoms with Crippen LogP contribution in [0.1, 0.15) is 12.8 Å². The highest BCUT2D eigenvalue weighted by Gasteiger charge is 2.18. The Hall–Kier alpha value is -1.71. The first-order valence-electron chi connectivity index (χ1n) is 6.06. The van der Waals surface area contributed by atoms with Gasteiger partial charge in [0.2, 0.25) is 0 Å². The van der Waals surface area contributed by atoms with Gasteiger partial charge in [0.05, 0.1) is 17.2 Å². The number of nitrogens with two attached hydrogens (primary N) is 1.